The summed E-state index contributed by atoms with van der Waals surface area (Å²) in [5.41, 5.74) is 3.84. The van der Waals surface area contributed by atoms with Gasteiger partial charge in [-0.2, -0.15) is 9.97 Å². The highest BCUT2D eigenvalue weighted by atomic mass is 19.1. The monoisotopic (exact) mass is 430 g/mol. The van der Waals surface area contributed by atoms with E-state index in [2.05, 4.69) is 20.3 Å². The molecule has 0 unspecified atom stereocenters. The molecular weight excluding hydrogens is 414 g/mol. The summed E-state index contributed by atoms with van der Waals surface area (Å²) in [4.78, 5) is 8.77. The Bertz CT molecular complexity index is 1300. The fraction of sp³-hybridized carbons (Fsp3) is 0.0833. The molecule has 5 aromatic rings. The van der Waals surface area contributed by atoms with Crippen molar-refractivity contribution >= 4 is 0 Å². The molecule has 0 saturated heterocycles. The molecule has 6 nitrogen and oxygen atoms in total. The van der Waals surface area contributed by atoms with Crippen LogP contribution in [-0.4, -0.2) is 20.3 Å². The van der Waals surface area contributed by atoms with E-state index >= 15 is 0 Å². The van der Waals surface area contributed by atoms with Crippen LogP contribution in [0.25, 0.3) is 45.7 Å². The fourth-order valence-electron chi connectivity index (χ4n) is 3.43. The molecule has 0 spiro atoms. The van der Waals surface area contributed by atoms with Gasteiger partial charge in [-0.15, -0.1) is 0 Å². The van der Waals surface area contributed by atoms with Crippen LogP contribution < -0.4 is 0 Å². The Morgan fingerprint density at radius 3 is 1.50 bits per heavy atom. The Morgan fingerprint density at radius 2 is 1.06 bits per heavy atom. The van der Waals surface area contributed by atoms with Crippen LogP contribution in [0.4, 0.5) is 8.78 Å². The molecule has 32 heavy (non-hydrogen) atoms. The Balaban J connectivity index is 1.46. The van der Waals surface area contributed by atoms with Gasteiger partial charge in [0.25, 0.3) is 11.8 Å². The number of nitrogens with zero attached hydrogens (tertiary/aromatic N) is 4. The Kier molecular flexibility index (Phi) is 4.82. The molecule has 2 aromatic heterocycles. The van der Waals surface area contributed by atoms with E-state index in [0.29, 0.717) is 22.3 Å². The topological polar surface area (TPSA) is 77.8 Å². The molecule has 0 amide bonds. The summed E-state index contributed by atoms with van der Waals surface area (Å²) in [5, 5.41) is 7.94. The van der Waals surface area contributed by atoms with Gasteiger partial charge in [0.05, 0.1) is 0 Å². The number of aromatic nitrogens is 4. The van der Waals surface area contributed by atoms with Crippen molar-refractivity contribution in [2.75, 3.05) is 0 Å². The largest absolute Gasteiger partial charge is 0.334 e. The lowest BCUT2D eigenvalue weighted by molar-refractivity contribution is 0.431. The van der Waals surface area contributed by atoms with Gasteiger partial charge in [-0.25, -0.2) is 8.78 Å². The molecule has 0 bridgehead atoms. The Labute approximate surface area is 181 Å². The van der Waals surface area contributed by atoms with Crippen molar-refractivity contribution in [3.63, 3.8) is 0 Å². The molecule has 2 heterocycles. The van der Waals surface area contributed by atoms with Crippen LogP contribution in [0.5, 0.6) is 0 Å². The maximum Gasteiger partial charge on any atom is 0.258 e. The first-order valence-electron chi connectivity index (χ1n) is 9.78. The third-order valence-corrected chi connectivity index (χ3v) is 4.81. The van der Waals surface area contributed by atoms with Crippen LogP contribution in [0.1, 0.15) is 11.1 Å². The highest BCUT2D eigenvalue weighted by Gasteiger charge is 2.16. The van der Waals surface area contributed by atoms with Gasteiger partial charge in [-0.05, 0) is 79.6 Å². The summed E-state index contributed by atoms with van der Waals surface area (Å²) in [7, 11) is 0. The zero-order valence-electron chi connectivity index (χ0n) is 17.1. The smallest absolute Gasteiger partial charge is 0.258 e. The predicted molar refractivity (Wildman–Crippen MR) is 113 cm³/mol. The first kappa shape index (κ1) is 19.7. The van der Waals surface area contributed by atoms with E-state index < -0.39 is 0 Å². The van der Waals surface area contributed by atoms with E-state index in [9.17, 15) is 8.78 Å². The van der Waals surface area contributed by atoms with Crippen molar-refractivity contribution in [2.45, 2.75) is 13.8 Å². The normalized spacial score (nSPS) is 11.1. The average Bonchev–Trinajstić information content (AvgIpc) is 3.43. The molecule has 0 saturated carbocycles. The van der Waals surface area contributed by atoms with Gasteiger partial charge in [0.15, 0.2) is 0 Å². The van der Waals surface area contributed by atoms with Gasteiger partial charge in [-0.1, -0.05) is 16.4 Å². The van der Waals surface area contributed by atoms with Crippen LogP contribution in [-0.2, 0) is 0 Å². The molecule has 0 N–H and O–H groups in total. The van der Waals surface area contributed by atoms with E-state index in [1.165, 1.54) is 24.3 Å². The maximum absolute atomic E-state index is 13.7. The zero-order chi connectivity index (χ0) is 22.2. The van der Waals surface area contributed by atoms with Crippen molar-refractivity contribution in [1.82, 2.24) is 20.3 Å². The summed E-state index contributed by atoms with van der Waals surface area (Å²) in [5.74, 6) is 0.376. The second kappa shape index (κ2) is 7.81. The lowest BCUT2D eigenvalue weighted by atomic mass is 10.1. The van der Waals surface area contributed by atoms with Crippen molar-refractivity contribution < 1.29 is 17.8 Å². The lowest BCUT2D eigenvalue weighted by Crippen LogP contribution is -1.86. The average molecular weight is 430 g/mol. The van der Waals surface area contributed by atoms with Gasteiger partial charge in [0.2, 0.25) is 11.6 Å². The molecule has 5 rings (SSSR count). The van der Waals surface area contributed by atoms with Gasteiger partial charge in [0, 0.05) is 22.3 Å². The van der Waals surface area contributed by atoms with Gasteiger partial charge < -0.3 is 9.05 Å². The minimum atomic E-state index is -0.367. The molecule has 0 aliphatic carbocycles. The van der Waals surface area contributed by atoms with Gasteiger partial charge in [0.1, 0.15) is 11.6 Å². The third kappa shape index (κ3) is 3.90. The minimum absolute atomic E-state index is 0.268. The molecule has 3 aromatic carbocycles. The number of benzene rings is 3. The van der Waals surface area contributed by atoms with Crippen LogP contribution in [0, 0.1) is 25.5 Å². The molecule has 0 aliphatic heterocycles. The first-order valence-corrected chi connectivity index (χ1v) is 9.78. The second-order valence-corrected chi connectivity index (χ2v) is 7.46. The first-order chi connectivity index (χ1) is 15.4. The van der Waals surface area contributed by atoms with Crippen LogP contribution >= 0.6 is 0 Å². The van der Waals surface area contributed by atoms with Crippen molar-refractivity contribution in [2.24, 2.45) is 0 Å². The van der Waals surface area contributed by atoms with E-state index in [4.69, 9.17) is 9.05 Å². The van der Waals surface area contributed by atoms with E-state index in [-0.39, 0.29) is 35.1 Å². The summed E-state index contributed by atoms with van der Waals surface area (Å²) < 4.78 is 38.2. The predicted octanol–water partition coefficient (Wildman–Crippen LogP) is 6.02. The summed E-state index contributed by atoms with van der Waals surface area (Å²) in [6.07, 6.45) is 0. The molecule has 0 radical (unpaired) electrons. The van der Waals surface area contributed by atoms with E-state index in [1.54, 1.807) is 50.2 Å². The highest BCUT2D eigenvalue weighted by Crippen LogP contribution is 2.28. The third-order valence-electron chi connectivity index (χ3n) is 4.81. The number of rotatable bonds is 4. The van der Waals surface area contributed by atoms with E-state index in [1.807, 2.05) is 0 Å². The van der Waals surface area contributed by atoms with Crippen LogP contribution in [0.15, 0.2) is 69.7 Å². The Hall–Kier alpha value is -4.20. The molecule has 0 aliphatic rings. The van der Waals surface area contributed by atoms with Crippen molar-refractivity contribution in [3.8, 4) is 45.7 Å². The van der Waals surface area contributed by atoms with Crippen LogP contribution in [0.2, 0.25) is 0 Å². The molecular formula is C24H16F2N4O2. The van der Waals surface area contributed by atoms with E-state index in [0.717, 1.165) is 11.1 Å². The van der Waals surface area contributed by atoms with Gasteiger partial charge >= 0.3 is 0 Å². The van der Waals surface area contributed by atoms with Crippen LogP contribution in [0.3, 0.4) is 0 Å². The molecule has 8 heteroatoms. The Morgan fingerprint density at radius 1 is 0.594 bits per heavy atom. The quantitative estimate of drug-likeness (QED) is 0.347. The number of halogens is 2. The minimum Gasteiger partial charge on any atom is -0.334 e. The summed E-state index contributed by atoms with van der Waals surface area (Å²) in [6.45, 7) is 3.59. The highest BCUT2D eigenvalue weighted by molar-refractivity contribution is 5.67. The second-order valence-electron chi connectivity index (χ2n) is 7.46. The fourth-order valence-corrected chi connectivity index (χ4v) is 3.43. The maximum atomic E-state index is 13.7. The number of hydrogen-bond acceptors (Lipinski definition) is 6. The zero-order valence-corrected chi connectivity index (χ0v) is 17.1. The van der Waals surface area contributed by atoms with Gasteiger partial charge in [-0.3, -0.25) is 0 Å². The summed E-state index contributed by atoms with van der Waals surface area (Å²) >= 11 is 0. The lowest BCUT2D eigenvalue weighted by Gasteiger charge is -1.99. The molecule has 0 atom stereocenters. The van der Waals surface area contributed by atoms with Crippen molar-refractivity contribution in [3.05, 3.63) is 83.4 Å². The summed E-state index contributed by atoms with van der Waals surface area (Å²) in [6, 6.07) is 16.3. The molecule has 158 valence electrons. The molecule has 0 fully saturated rings. The van der Waals surface area contributed by atoms with Crippen molar-refractivity contribution in [1.29, 1.82) is 0 Å². The number of aryl methyl sites for hydroxylation is 2. The standard InChI is InChI=1S/C24H16F2N4O2/c1-13-6-17(11-19(25)8-13)21-27-23(31-29-21)15-4-3-5-16(10-15)24-28-22(30-32-24)18-7-14(2)9-20(26)12-18/h3-12H,1-2H3. The SMILES string of the molecule is Cc1cc(F)cc(-c2noc(-c3cccc(-c4nc(-c5cc(C)cc(F)c5)no4)c3)n2)c1. The number of hydrogen-bond donors (Lipinski definition) is 0.